The molecule has 0 atom stereocenters. The number of halogens is 2. The average molecular weight is 333 g/mol. The Morgan fingerprint density at radius 1 is 1.30 bits per heavy atom. The molecule has 1 fully saturated rings. The predicted molar refractivity (Wildman–Crippen MR) is 79.2 cm³/mol. The Balaban J connectivity index is 1.88. The lowest BCUT2D eigenvalue weighted by Gasteiger charge is -2.33. The third kappa shape index (κ3) is 2.36. The minimum Gasteiger partial charge on any atom is -0.465 e. The van der Waals surface area contributed by atoms with Gasteiger partial charge in [-0.3, -0.25) is 0 Å². The standard InChI is InChI=1S/C11H10Cl2N4O2S/c12-7-5-6-9(14-8(7)13)15-20-10(6)16-1-3-17(4-2-16)11(18)19/h5H,1-4H2,(H,18,19). The van der Waals surface area contributed by atoms with Gasteiger partial charge >= 0.3 is 6.09 Å². The zero-order valence-corrected chi connectivity index (χ0v) is 12.5. The lowest BCUT2D eigenvalue weighted by atomic mass is 10.3. The van der Waals surface area contributed by atoms with Crippen LogP contribution in [0.4, 0.5) is 9.80 Å². The third-order valence-corrected chi connectivity index (χ3v) is 4.79. The number of hydrogen-bond donors (Lipinski definition) is 1. The van der Waals surface area contributed by atoms with E-state index in [1.165, 1.54) is 16.4 Å². The Hall–Kier alpha value is -1.31. The van der Waals surface area contributed by atoms with Crippen LogP contribution in [0.3, 0.4) is 0 Å². The molecule has 0 aromatic carbocycles. The first kappa shape index (κ1) is 13.7. The van der Waals surface area contributed by atoms with Crippen LogP contribution in [0.15, 0.2) is 6.07 Å². The van der Waals surface area contributed by atoms with Crippen molar-refractivity contribution in [1.29, 1.82) is 0 Å². The van der Waals surface area contributed by atoms with Gasteiger partial charge < -0.3 is 14.9 Å². The Morgan fingerprint density at radius 3 is 2.65 bits per heavy atom. The van der Waals surface area contributed by atoms with Crippen molar-refractivity contribution < 1.29 is 9.90 Å². The summed E-state index contributed by atoms with van der Waals surface area (Å²) >= 11 is 13.2. The summed E-state index contributed by atoms with van der Waals surface area (Å²) in [6.07, 6.45) is -0.879. The van der Waals surface area contributed by atoms with Gasteiger partial charge in [0.2, 0.25) is 0 Å². The highest BCUT2D eigenvalue weighted by atomic mass is 35.5. The summed E-state index contributed by atoms with van der Waals surface area (Å²) in [5.41, 5.74) is 0.570. The molecular weight excluding hydrogens is 323 g/mol. The molecular formula is C11H10Cl2N4O2S. The van der Waals surface area contributed by atoms with Crippen LogP contribution in [0.25, 0.3) is 11.0 Å². The monoisotopic (exact) mass is 332 g/mol. The summed E-state index contributed by atoms with van der Waals surface area (Å²) in [5, 5.41) is 11.4. The normalized spacial score (nSPS) is 15.9. The lowest BCUT2D eigenvalue weighted by Crippen LogP contribution is -2.48. The first-order valence-electron chi connectivity index (χ1n) is 5.90. The van der Waals surface area contributed by atoms with Gasteiger partial charge in [-0.15, -0.1) is 0 Å². The van der Waals surface area contributed by atoms with E-state index in [9.17, 15) is 4.79 Å². The van der Waals surface area contributed by atoms with Gasteiger partial charge in [0.15, 0.2) is 5.65 Å². The van der Waals surface area contributed by atoms with E-state index in [1.807, 2.05) is 0 Å². The van der Waals surface area contributed by atoms with Gasteiger partial charge in [-0.2, -0.15) is 4.37 Å². The van der Waals surface area contributed by atoms with Gasteiger partial charge in [-0.25, -0.2) is 9.78 Å². The number of nitrogens with zero attached hydrogens (tertiary/aromatic N) is 4. The van der Waals surface area contributed by atoms with Crippen LogP contribution < -0.4 is 4.90 Å². The van der Waals surface area contributed by atoms with Crippen molar-refractivity contribution in [3.05, 3.63) is 16.2 Å². The Labute approximate surface area is 128 Å². The molecule has 0 unspecified atom stereocenters. The molecule has 6 nitrogen and oxygen atoms in total. The summed E-state index contributed by atoms with van der Waals surface area (Å²) in [4.78, 5) is 18.5. The molecule has 3 rings (SSSR count). The van der Waals surface area contributed by atoms with Crippen LogP contribution in [0.1, 0.15) is 0 Å². The highest BCUT2D eigenvalue weighted by molar-refractivity contribution is 7.11. The van der Waals surface area contributed by atoms with Crippen LogP contribution >= 0.6 is 34.7 Å². The van der Waals surface area contributed by atoms with Crippen molar-refractivity contribution in [2.75, 3.05) is 31.1 Å². The van der Waals surface area contributed by atoms with Crippen LogP contribution in [-0.2, 0) is 0 Å². The molecule has 2 aromatic rings. The molecule has 1 amide bonds. The molecule has 3 heterocycles. The van der Waals surface area contributed by atoms with Crippen molar-refractivity contribution in [3.8, 4) is 0 Å². The molecule has 0 aliphatic carbocycles. The first-order valence-corrected chi connectivity index (χ1v) is 7.43. The second kappa shape index (κ2) is 5.23. The van der Waals surface area contributed by atoms with Crippen molar-refractivity contribution >= 4 is 56.9 Å². The van der Waals surface area contributed by atoms with Crippen LogP contribution in [0, 0.1) is 0 Å². The van der Waals surface area contributed by atoms with E-state index in [1.54, 1.807) is 6.07 Å². The fraction of sp³-hybridized carbons (Fsp3) is 0.364. The molecule has 0 radical (unpaired) electrons. The topological polar surface area (TPSA) is 69.6 Å². The molecule has 0 bridgehead atoms. The van der Waals surface area contributed by atoms with Gasteiger partial charge in [0, 0.05) is 26.2 Å². The second-order valence-corrected chi connectivity index (χ2v) is 5.89. The SMILES string of the molecule is O=C(O)N1CCN(c2snc3nc(Cl)c(Cl)cc23)CC1. The van der Waals surface area contributed by atoms with E-state index in [4.69, 9.17) is 28.3 Å². The van der Waals surface area contributed by atoms with Crippen molar-refractivity contribution in [2.45, 2.75) is 0 Å². The van der Waals surface area contributed by atoms with Crippen LogP contribution in [-0.4, -0.2) is 51.6 Å². The molecule has 1 aliphatic rings. The Kier molecular flexibility index (Phi) is 3.57. The smallest absolute Gasteiger partial charge is 0.407 e. The van der Waals surface area contributed by atoms with Crippen molar-refractivity contribution in [1.82, 2.24) is 14.3 Å². The average Bonchev–Trinajstić information content (AvgIpc) is 2.82. The lowest BCUT2D eigenvalue weighted by molar-refractivity contribution is 0.142. The number of carboxylic acid groups (broad SMARTS) is 1. The molecule has 0 saturated carbocycles. The summed E-state index contributed by atoms with van der Waals surface area (Å²) in [6, 6.07) is 1.76. The van der Waals surface area contributed by atoms with Crippen LogP contribution in [0.5, 0.6) is 0 Å². The van der Waals surface area contributed by atoms with Gasteiger partial charge in [0.05, 0.1) is 10.4 Å². The first-order chi connectivity index (χ1) is 9.56. The summed E-state index contributed by atoms with van der Waals surface area (Å²) in [6.45, 7) is 2.21. The minimum atomic E-state index is -0.879. The Bertz CT molecular complexity index is 670. The van der Waals surface area contributed by atoms with Gasteiger partial charge in [0.25, 0.3) is 0 Å². The fourth-order valence-corrected chi connectivity index (χ4v) is 3.29. The quantitative estimate of drug-likeness (QED) is 0.813. The molecule has 1 aliphatic heterocycles. The summed E-state index contributed by atoms with van der Waals surface area (Å²) < 4.78 is 4.27. The number of aromatic nitrogens is 2. The molecule has 0 spiro atoms. The highest BCUT2D eigenvalue weighted by Gasteiger charge is 2.23. The Morgan fingerprint density at radius 2 is 2.00 bits per heavy atom. The minimum absolute atomic E-state index is 0.242. The van der Waals surface area contributed by atoms with E-state index in [0.717, 1.165) is 10.4 Å². The maximum atomic E-state index is 10.9. The number of rotatable bonds is 1. The summed E-state index contributed by atoms with van der Waals surface area (Å²) in [5.74, 6) is 0. The molecule has 1 saturated heterocycles. The van der Waals surface area contributed by atoms with Gasteiger partial charge in [0.1, 0.15) is 10.2 Å². The van der Waals surface area contributed by atoms with Gasteiger partial charge in [-0.05, 0) is 17.6 Å². The fourth-order valence-electron chi connectivity index (χ4n) is 2.15. The van der Waals surface area contributed by atoms with Gasteiger partial charge in [-0.1, -0.05) is 23.2 Å². The zero-order chi connectivity index (χ0) is 14.3. The number of hydrogen-bond acceptors (Lipinski definition) is 5. The molecule has 1 N–H and O–H groups in total. The third-order valence-electron chi connectivity index (χ3n) is 3.20. The number of piperazine rings is 1. The molecule has 2 aromatic heterocycles. The van der Waals surface area contributed by atoms with Crippen LogP contribution in [0.2, 0.25) is 10.2 Å². The second-order valence-electron chi connectivity index (χ2n) is 4.38. The number of amides is 1. The maximum Gasteiger partial charge on any atom is 0.407 e. The van der Waals surface area contributed by atoms with E-state index in [-0.39, 0.29) is 5.15 Å². The molecule has 20 heavy (non-hydrogen) atoms. The number of carbonyl (C=O) groups is 1. The number of pyridine rings is 1. The largest absolute Gasteiger partial charge is 0.465 e. The van der Waals surface area contributed by atoms with E-state index >= 15 is 0 Å². The zero-order valence-electron chi connectivity index (χ0n) is 10.2. The van der Waals surface area contributed by atoms with E-state index in [0.29, 0.717) is 36.8 Å². The van der Waals surface area contributed by atoms with Crippen molar-refractivity contribution in [3.63, 3.8) is 0 Å². The van der Waals surface area contributed by atoms with E-state index in [2.05, 4.69) is 14.3 Å². The predicted octanol–water partition coefficient (Wildman–Crippen LogP) is 2.80. The highest BCUT2D eigenvalue weighted by Crippen LogP contribution is 2.34. The molecule has 106 valence electrons. The summed E-state index contributed by atoms with van der Waals surface area (Å²) in [7, 11) is 0. The van der Waals surface area contributed by atoms with Crippen molar-refractivity contribution in [2.24, 2.45) is 0 Å². The number of anilines is 1. The number of fused-ring (bicyclic) bond motifs is 1. The molecule has 9 heteroatoms. The van der Waals surface area contributed by atoms with E-state index < -0.39 is 6.09 Å². The maximum absolute atomic E-state index is 10.9.